The van der Waals surface area contributed by atoms with Gasteiger partial charge in [-0.25, -0.2) is 4.98 Å². The van der Waals surface area contributed by atoms with Gasteiger partial charge >= 0.3 is 0 Å². The molecule has 4 heteroatoms. The molecule has 0 saturated carbocycles. The summed E-state index contributed by atoms with van der Waals surface area (Å²) >= 11 is 0. The zero-order valence-corrected chi connectivity index (χ0v) is 15.4. The maximum Gasteiger partial charge on any atom is 0.228 e. The van der Waals surface area contributed by atoms with Gasteiger partial charge in [0.2, 0.25) is 5.91 Å². The third-order valence-corrected chi connectivity index (χ3v) is 4.80. The highest BCUT2D eigenvalue weighted by Gasteiger charge is 2.11. The Balaban J connectivity index is 1.58. The molecule has 0 saturated heterocycles. The number of aromatic nitrogens is 2. The topological polar surface area (TPSA) is 46.9 Å². The second-order valence-corrected chi connectivity index (χ2v) is 6.72. The van der Waals surface area contributed by atoms with Crippen molar-refractivity contribution < 1.29 is 4.79 Å². The van der Waals surface area contributed by atoms with Gasteiger partial charge in [-0.3, -0.25) is 4.79 Å². The maximum atomic E-state index is 12.5. The number of amides is 1. The van der Waals surface area contributed by atoms with Crippen LogP contribution >= 0.6 is 0 Å². The van der Waals surface area contributed by atoms with Crippen molar-refractivity contribution >= 4 is 22.6 Å². The average Bonchev–Trinajstić information content (AvgIpc) is 3.01. The molecule has 4 nitrogen and oxygen atoms in total. The molecule has 0 aliphatic heterocycles. The molecule has 1 heterocycles. The number of hydrogen-bond donors (Lipinski definition) is 1. The van der Waals surface area contributed by atoms with Gasteiger partial charge in [-0.1, -0.05) is 48.5 Å². The minimum absolute atomic E-state index is 0.0218. The lowest BCUT2D eigenvalue weighted by molar-refractivity contribution is -0.115. The van der Waals surface area contributed by atoms with Crippen LogP contribution in [0.15, 0.2) is 72.8 Å². The minimum Gasteiger partial charge on any atom is -0.327 e. The van der Waals surface area contributed by atoms with Gasteiger partial charge in [0.25, 0.3) is 0 Å². The van der Waals surface area contributed by atoms with E-state index in [1.54, 1.807) is 0 Å². The van der Waals surface area contributed by atoms with E-state index in [0.717, 1.165) is 39.2 Å². The van der Waals surface area contributed by atoms with Crippen LogP contribution in [0.1, 0.15) is 11.1 Å². The Morgan fingerprint density at radius 1 is 1.00 bits per heavy atom. The van der Waals surface area contributed by atoms with E-state index < -0.39 is 0 Å². The van der Waals surface area contributed by atoms with Gasteiger partial charge < -0.3 is 9.88 Å². The molecular formula is C23H21N3O. The number of nitrogens with one attached hydrogen (secondary N) is 1. The second-order valence-electron chi connectivity index (χ2n) is 6.72. The van der Waals surface area contributed by atoms with Gasteiger partial charge in [0.1, 0.15) is 5.82 Å². The van der Waals surface area contributed by atoms with Crippen LogP contribution in [-0.2, 0) is 18.3 Å². The molecule has 0 bridgehead atoms. The fourth-order valence-corrected chi connectivity index (χ4v) is 3.33. The smallest absolute Gasteiger partial charge is 0.228 e. The van der Waals surface area contributed by atoms with Gasteiger partial charge in [0.15, 0.2) is 0 Å². The SMILES string of the molecule is Cc1ccccc1CC(=O)Nc1cccc(-c2nc3ccccc3n2C)c1. The van der Waals surface area contributed by atoms with E-state index in [0.29, 0.717) is 6.42 Å². The third-order valence-electron chi connectivity index (χ3n) is 4.80. The summed E-state index contributed by atoms with van der Waals surface area (Å²) in [5.41, 5.74) is 5.97. The molecule has 0 radical (unpaired) electrons. The van der Waals surface area contributed by atoms with Crippen molar-refractivity contribution in [2.24, 2.45) is 7.05 Å². The van der Waals surface area contributed by atoms with E-state index in [9.17, 15) is 4.79 Å². The number of para-hydroxylation sites is 2. The molecular weight excluding hydrogens is 334 g/mol. The van der Waals surface area contributed by atoms with Gasteiger partial charge in [-0.15, -0.1) is 0 Å². The third kappa shape index (κ3) is 3.47. The summed E-state index contributed by atoms with van der Waals surface area (Å²) in [7, 11) is 2.01. The summed E-state index contributed by atoms with van der Waals surface area (Å²) in [6.45, 7) is 2.02. The zero-order chi connectivity index (χ0) is 18.8. The highest BCUT2D eigenvalue weighted by atomic mass is 16.1. The Hall–Kier alpha value is -3.40. The number of rotatable bonds is 4. The number of carbonyl (C=O) groups excluding carboxylic acids is 1. The molecule has 27 heavy (non-hydrogen) atoms. The van der Waals surface area contributed by atoms with Crippen molar-refractivity contribution in [3.05, 3.63) is 83.9 Å². The molecule has 4 rings (SSSR count). The quantitative estimate of drug-likeness (QED) is 0.575. The Bertz CT molecular complexity index is 1130. The largest absolute Gasteiger partial charge is 0.327 e. The Kier molecular flexibility index (Phi) is 4.47. The lowest BCUT2D eigenvalue weighted by Crippen LogP contribution is -2.15. The Morgan fingerprint density at radius 3 is 2.59 bits per heavy atom. The van der Waals surface area contributed by atoms with E-state index in [2.05, 4.69) is 16.0 Å². The number of imidazole rings is 1. The van der Waals surface area contributed by atoms with Crippen LogP contribution in [0.3, 0.4) is 0 Å². The molecule has 1 N–H and O–H groups in total. The van der Waals surface area contributed by atoms with Crippen LogP contribution < -0.4 is 5.32 Å². The highest BCUT2D eigenvalue weighted by Crippen LogP contribution is 2.25. The molecule has 0 fully saturated rings. The van der Waals surface area contributed by atoms with E-state index in [-0.39, 0.29) is 5.91 Å². The first-order chi connectivity index (χ1) is 13.1. The van der Waals surface area contributed by atoms with Gasteiger partial charge in [-0.2, -0.15) is 0 Å². The molecule has 1 amide bonds. The molecule has 3 aromatic carbocycles. The Morgan fingerprint density at radius 2 is 1.78 bits per heavy atom. The zero-order valence-electron chi connectivity index (χ0n) is 15.4. The van der Waals surface area contributed by atoms with Crippen LogP contribution in [0.25, 0.3) is 22.4 Å². The fourth-order valence-electron chi connectivity index (χ4n) is 3.33. The summed E-state index contributed by atoms with van der Waals surface area (Å²) in [5.74, 6) is 0.859. The Labute approximate surface area is 158 Å². The van der Waals surface area contributed by atoms with Gasteiger partial charge in [0.05, 0.1) is 17.5 Å². The van der Waals surface area contributed by atoms with Gasteiger partial charge in [0, 0.05) is 18.3 Å². The van der Waals surface area contributed by atoms with Crippen molar-refractivity contribution in [1.82, 2.24) is 9.55 Å². The first-order valence-corrected chi connectivity index (χ1v) is 8.98. The number of hydrogen-bond acceptors (Lipinski definition) is 2. The minimum atomic E-state index is -0.0218. The van der Waals surface area contributed by atoms with E-state index in [1.807, 2.05) is 80.7 Å². The van der Waals surface area contributed by atoms with Crippen molar-refractivity contribution in [2.75, 3.05) is 5.32 Å². The van der Waals surface area contributed by atoms with Crippen LogP contribution in [0.2, 0.25) is 0 Å². The van der Waals surface area contributed by atoms with Crippen LogP contribution in [0.5, 0.6) is 0 Å². The van der Waals surface area contributed by atoms with Gasteiger partial charge in [-0.05, 0) is 42.3 Å². The molecule has 0 aliphatic rings. The number of aryl methyl sites for hydroxylation is 2. The van der Waals surface area contributed by atoms with Crippen molar-refractivity contribution in [3.63, 3.8) is 0 Å². The summed E-state index contributed by atoms with van der Waals surface area (Å²) in [6, 6.07) is 23.8. The molecule has 4 aromatic rings. The number of nitrogens with zero attached hydrogens (tertiary/aromatic N) is 2. The van der Waals surface area contributed by atoms with Crippen molar-refractivity contribution in [3.8, 4) is 11.4 Å². The normalized spacial score (nSPS) is 10.9. The summed E-state index contributed by atoms with van der Waals surface area (Å²) in [5, 5.41) is 3.01. The lowest BCUT2D eigenvalue weighted by Gasteiger charge is -2.09. The van der Waals surface area contributed by atoms with E-state index in [4.69, 9.17) is 4.98 Å². The van der Waals surface area contributed by atoms with Crippen LogP contribution in [0, 0.1) is 6.92 Å². The molecule has 0 spiro atoms. The maximum absolute atomic E-state index is 12.5. The average molecular weight is 355 g/mol. The summed E-state index contributed by atoms with van der Waals surface area (Å²) in [4.78, 5) is 17.2. The summed E-state index contributed by atoms with van der Waals surface area (Å²) in [6.07, 6.45) is 0.364. The van der Waals surface area contributed by atoms with E-state index in [1.165, 1.54) is 0 Å². The van der Waals surface area contributed by atoms with E-state index >= 15 is 0 Å². The number of anilines is 1. The second kappa shape index (κ2) is 7.08. The number of fused-ring (bicyclic) bond motifs is 1. The molecule has 0 atom stereocenters. The van der Waals surface area contributed by atoms with Crippen molar-refractivity contribution in [1.29, 1.82) is 0 Å². The lowest BCUT2D eigenvalue weighted by atomic mass is 10.1. The summed E-state index contributed by atoms with van der Waals surface area (Å²) < 4.78 is 2.07. The molecule has 0 unspecified atom stereocenters. The first kappa shape index (κ1) is 17.0. The van der Waals surface area contributed by atoms with Crippen molar-refractivity contribution in [2.45, 2.75) is 13.3 Å². The fraction of sp³-hybridized carbons (Fsp3) is 0.130. The number of benzene rings is 3. The van der Waals surface area contributed by atoms with Crippen LogP contribution in [-0.4, -0.2) is 15.5 Å². The molecule has 1 aromatic heterocycles. The highest BCUT2D eigenvalue weighted by molar-refractivity contribution is 5.93. The standard InChI is InChI=1S/C23H21N3O/c1-16-8-3-4-9-17(16)15-22(27)24-19-11-7-10-18(14-19)23-25-20-12-5-6-13-21(20)26(23)2/h3-14H,15H2,1-2H3,(H,24,27). The number of carbonyl (C=O) groups is 1. The predicted octanol–water partition coefficient (Wildman–Crippen LogP) is 4.73. The monoisotopic (exact) mass is 355 g/mol. The van der Waals surface area contributed by atoms with Crippen LogP contribution in [0.4, 0.5) is 5.69 Å². The molecule has 134 valence electrons. The predicted molar refractivity (Wildman–Crippen MR) is 110 cm³/mol. The molecule has 0 aliphatic carbocycles. The first-order valence-electron chi connectivity index (χ1n) is 8.98.